The molecule has 1 fully saturated rings. The van der Waals surface area contributed by atoms with Crippen molar-refractivity contribution in [2.24, 2.45) is 5.92 Å². The number of carbonyl (C=O) groups is 1. The first-order chi connectivity index (χ1) is 9.29. The first-order valence-electron chi connectivity index (χ1n) is 6.52. The van der Waals surface area contributed by atoms with Crippen molar-refractivity contribution < 1.29 is 18.7 Å². The molecule has 2 amide bonds. The second-order valence-electron chi connectivity index (χ2n) is 5.54. The van der Waals surface area contributed by atoms with E-state index in [0.29, 0.717) is 12.0 Å². The van der Waals surface area contributed by atoms with Crippen molar-refractivity contribution in [3.63, 3.8) is 0 Å². The Balaban J connectivity index is 1.94. The molecule has 2 rings (SSSR count). The van der Waals surface area contributed by atoms with Crippen LogP contribution in [-0.4, -0.2) is 23.7 Å². The number of nitrogens with one attached hydrogen (secondary N) is 2. The zero-order chi connectivity index (χ0) is 14.9. The zero-order valence-electron chi connectivity index (χ0n) is 11.4. The number of halogens is 2. The highest BCUT2D eigenvalue weighted by Crippen LogP contribution is 2.29. The maximum atomic E-state index is 13.6. The highest BCUT2D eigenvalue weighted by Gasteiger charge is 2.34. The summed E-state index contributed by atoms with van der Waals surface area (Å²) >= 11 is 0. The zero-order valence-corrected chi connectivity index (χ0v) is 11.4. The predicted octanol–water partition coefficient (Wildman–Crippen LogP) is 1.88. The lowest BCUT2D eigenvalue weighted by Crippen LogP contribution is -2.44. The summed E-state index contributed by atoms with van der Waals surface area (Å²) < 4.78 is 26.4. The van der Waals surface area contributed by atoms with Crippen molar-refractivity contribution in [1.82, 2.24) is 10.6 Å². The van der Waals surface area contributed by atoms with Crippen LogP contribution in [0.4, 0.5) is 13.6 Å². The van der Waals surface area contributed by atoms with Crippen LogP contribution in [0.15, 0.2) is 18.2 Å². The largest absolute Gasteiger partial charge is 0.383 e. The number of urea groups is 1. The van der Waals surface area contributed by atoms with Crippen LogP contribution in [0.2, 0.25) is 0 Å². The Labute approximate surface area is 116 Å². The molecular weight excluding hydrogens is 266 g/mol. The number of amides is 2. The molecule has 1 aliphatic rings. The Morgan fingerprint density at radius 2 is 2.15 bits per heavy atom. The monoisotopic (exact) mass is 284 g/mol. The summed E-state index contributed by atoms with van der Waals surface area (Å²) in [4.78, 5) is 11.6. The first-order valence-corrected chi connectivity index (χ1v) is 6.52. The molecule has 3 atom stereocenters. The Morgan fingerprint density at radius 1 is 1.50 bits per heavy atom. The van der Waals surface area contributed by atoms with E-state index in [0.717, 1.165) is 12.5 Å². The van der Waals surface area contributed by atoms with E-state index in [-0.39, 0.29) is 18.2 Å². The van der Waals surface area contributed by atoms with Crippen LogP contribution in [-0.2, 0) is 5.60 Å². The minimum atomic E-state index is -1.61. The van der Waals surface area contributed by atoms with Gasteiger partial charge >= 0.3 is 6.03 Å². The fourth-order valence-corrected chi connectivity index (χ4v) is 2.02. The predicted molar refractivity (Wildman–Crippen MR) is 70.0 cm³/mol. The van der Waals surface area contributed by atoms with Crippen LogP contribution in [0.1, 0.15) is 25.8 Å². The van der Waals surface area contributed by atoms with Gasteiger partial charge in [0.2, 0.25) is 0 Å². The van der Waals surface area contributed by atoms with E-state index in [1.165, 1.54) is 13.0 Å². The Bertz CT molecular complexity index is 520. The smallest absolute Gasteiger partial charge is 0.315 e. The van der Waals surface area contributed by atoms with Crippen LogP contribution >= 0.6 is 0 Å². The van der Waals surface area contributed by atoms with E-state index in [9.17, 15) is 18.7 Å². The number of rotatable bonds is 4. The third-order valence-electron chi connectivity index (χ3n) is 3.53. The van der Waals surface area contributed by atoms with E-state index < -0.39 is 23.3 Å². The third kappa shape index (κ3) is 3.45. The van der Waals surface area contributed by atoms with Crippen LogP contribution in [0, 0.1) is 17.6 Å². The molecule has 0 radical (unpaired) electrons. The van der Waals surface area contributed by atoms with Crippen LogP contribution in [0.25, 0.3) is 0 Å². The molecule has 1 saturated carbocycles. The Kier molecular flexibility index (Phi) is 3.94. The van der Waals surface area contributed by atoms with Gasteiger partial charge in [0.1, 0.15) is 17.2 Å². The second kappa shape index (κ2) is 5.36. The summed E-state index contributed by atoms with van der Waals surface area (Å²) in [5, 5.41) is 15.4. The van der Waals surface area contributed by atoms with Gasteiger partial charge in [-0.3, -0.25) is 0 Å². The molecule has 0 aliphatic heterocycles. The van der Waals surface area contributed by atoms with E-state index in [1.54, 1.807) is 0 Å². The molecule has 3 N–H and O–H groups in total. The fraction of sp³-hybridized carbons (Fsp3) is 0.500. The summed E-state index contributed by atoms with van der Waals surface area (Å²) in [5.41, 5.74) is -1.66. The van der Waals surface area contributed by atoms with Gasteiger partial charge in [-0.05, 0) is 25.3 Å². The number of aliphatic hydroxyl groups is 1. The molecule has 0 spiro atoms. The molecular formula is C14H18F2N2O2. The lowest BCUT2D eigenvalue weighted by atomic mass is 9.95. The second-order valence-corrected chi connectivity index (χ2v) is 5.54. The van der Waals surface area contributed by atoms with Crippen molar-refractivity contribution >= 4 is 6.03 Å². The molecule has 3 unspecified atom stereocenters. The van der Waals surface area contributed by atoms with Crippen LogP contribution in [0.5, 0.6) is 0 Å². The van der Waals surface area contributed by atoms with Crippen LogP contribution < -0.4 is 10.6 Å². The SMILES string of the molecule is CC1CC1NC(=O)NCC(C)(O)c1ccc(F)cc1F. The van der Waals surface area contributed by atoms with Gasteiger partial charge in [-0.2, -0.15) is 0 Å². The van der Waals surface area contributed by atoms with Crippen LogP contribution in [0.3, 0.4) is 0 Å². The van der Waals surface area contributed by atoms with Gasteiger partial charge in [0.05, 0.1) is 6.54 Å². The highest BCUT2D eigenvalue weighted by atomic mass is 19.1. The molecule has 0 saturated heterocycles. The number of hydrogen-bond acceptors (Lipinski definition) is 2. The van der Waals surface area contributed by atoms with Crippen molar-refractivity contribution in [2.45, 2.75) is 31.9 Å². The maximum Gasteiger partial charge on any atom is 0.315 e. The quantitative estimate of drug-likeness (QED) is 0.790. The summed E-state index contributed by atoms with van der Waals surface area (Å²) in [5.74, 6) is -1.08. The molecule has 1 aromatic rings. The molecule has 4 nitrogen and oxygen atoms in total. The van der Waals surface area contributed by atoms with Gasteiger partial charge in [-0.1, -0.05) is 13.0 Å². The molecule has 1 aromatic carbocycles. The van der Waals surface area contributed by atoms with E-state index in [4.69, 9.17) is 0 Å². The summed E-state index contributed by atoms with van der Waals surface area (Å²) in [6.45, 7) is 3.22. The van der Waals surface area contributed by atoms with E-state index >= 15 is 0 Å². The van der Waals surface area contributed by atoms with Gasteiger partial charge in [0.25, 0.3) is 0 Å². The summed E-state index contributed by atoms with van der Waals surface area (Å²) in [7, 11) is 0. The fourth-order valence-electron chi connectivity index (χ4n) is 2.02. The average Bonchev–Trinajstić information content (AvgIpc) is 3.02. The minimum absolute atomic E-state index is 0.0565. The lowest BCUT2D eigenvalue weighted by molar-refractivity contribution is 0.0555. The Hall–Kier alpha value is -1.69. The number of benzene rings is 1. The maximum absolute atomic E-state index is 13.6. The molecule has 1 aliphatic carbocycles. The average molecular weight is 284 g/mol. The van der Waals surface area contributed by atoms with Gasteiger partial charge < -0.3 is 15.7 Å². The van der Waals surface area contributed by atoms with Crippen molar-refractivity contribution in [3.8, 4) is 0 Å². The van der Waals surface area contributed by atoms with Gasteiger partial charge in [-0.25, -0.2) is 13.6 Å². The standard InChI is InChI=1S/C14H18F2N2O2/c1-8-5-12(8)18-13(19)17-7-14(2,20)10-4-3-9(15)6-11(10)16/h3-4,6,8,12,20H,5,7H2,1-2H3,(H2,17,18,19). The molecule has 20 heavy (non-hydrogen) atoms. The lowest BCUT2D eigenvalue weighted by Gasteiger charge is -2.24. The summed E-state index contributed by atoms with van der Waals surface area (Å²) in [6, 6.07) is 2.71. The normalized spacial score (nSPS) is 23.9. The molecule has 6 heteroatoms. The van der Waals surface area contributed by atoms with Gasteiger partial charge in [-0.15, -0.1) is 0 Å². The van der Waals surface area contributed by atoms with E-state index in [1.807, 2.05) is 6.92 Å². The van der Waals surface area contributed by atoms with Crippen molar-refractivity contribution in [3.05, 3.63) is 35.4 Å². The summed E-state index contributed by atoms with van der Waals surface area (Å²) in [6.07, 6.45) is 0.941. The first kappa shape index (κ1) is 14.7. The third-order valence-corrected chi connectivity index (χ3v) is 3.53. The van der Waals surface area contributed by atoms with Gasteiger partial charge in [0.15, 0.2) is 0 Å². The van der Waals surface area contributed by atoms with Crippen molar-refractivity contribution in [2.75, 3.05) is 6.54 Å². The number of hydrogen-bond donors (Lipinski definition) is 3. The minimum Gasteiger partial charge on any atom is -0.383 e. The molecule has 0 aromatic heterocycles. The van der Waals surface area contributed by atoms with E-state index in [2.05, 4.69) is 10.6 Å². The van der Waals surface area contributed by atoms with Gasteiger partial charge in [0, 0.05) is 17.7 Å². The Morgan fingerprint density at radius 3 is 2.70 bits per heavy atom. The highest BCUT2D eigenvalue weighted by molar-refractivity contribution is 5.74. The van der Waals surface area contributed by atoms with Crippen molar-refractivity contribution in [1.29, 1.82) is 0 Å². The topological polar surface area (TPSA) is 61.4 Å². The molecule has 0 heterocycles. The number of carbonyl (C=O) groups excluding carboxylic acids is 1. The molecule has 0 bridgehead atoms. The molecule has 110 valence electrons.